The summed E-state index contributed by atoms with van der Waals surface area (Å²) in [6, 6.07) is 10.5. The van der Waals surface area contributed by atoms with Crippen LogP contribution in [0.3, 0.4) is 0 Å². The second-order valence-electron chi connectivity index (χ2n) is 3.09. The molecule has 1 aromatic heterocycles. The molecule has 0 spiro atoms. The number of benzene rings is 1. The van der Waals surface area contributed by atoms with Crippen LogP contribution in [0.5, 0.6) is 0 Å². The molecule has 0 aliphatic heterocycles. The number of carbonyl (C=O) groups is 1. The Labute approximate surface area is 107 Å². The van der Waals surface area contributed by atoms with Gasteiger partial charge >= 0.3 is 0 Å². The number of carbonyl (C=O) groups excluding carboxylic acids is 1. The van der Waals surface area contributed by atoms with E-state index in [9.17, 15) is 4.79 Å². The predicted molar refractivity (Wildman–Crippen MR) is 66.5 cm³/mol. The zero-order valence-corrected chi connectivity index (χ0v) is 10.1. The van der Waals surface area contributed by atoms with Crippen LogP contribution in [0.15, 0.2) is 30.3 Å². The summed E-state index contributed by atoms with van der Waals surface area (Å²) in [6.07, 6.45) is 0.639. The first-order chi connectivity index (χ1) is 8.26. The summed E-state index contributed by atoms with van der Waals surface area (Å²) in [5, 5.41) is 9.89. The minimum Gasteiger partial charge on any atom is -0.278 e. The van der Waals surface area contributed by atoms with E-state index in [1.54, 1.807) is 30.3 Å². The number of amides is 1. The number of hydrogen-bond acceptors (Lipinski definition) is 4. The Kier molecular flexibility index (Phi) is 3.38. The van der Waals surface area contributed by atoms with Crippen LogP contribution in [0.4, 0.5) is 10.7 Å². The Morgan fingerprint density at radius 1 is 1.47 bits per heavy atom. The molecule has 0 fully saturated rings. The van der Waals surface area contributed by atoms with Gasteiger partial charge in [-0.2, -0.15) is 9.64 Å². The van der Waals surface area contributed by atoms with Crippen molar-refractivity contribution in [1.29, 1.82) is 5.26 Å². The van der Waals surface area contributed by atoms with E-state index < -0.39 is 0 Å². The van der Waals surface area contributed by atoms with Crippen LogP contribution >= 0.6 is 23.1 Å². The maximum absolute atomic E-state index is 11.1. The average Bonchev–Trinajstić information content (AvgIpc) is 2.77. The van der Waals surface area contributed by atoms with Crippen molar-refractivity contribution in [2.75, 3.05) is 4.90 Å². The van der Waals surface area contributed by atoms with E-state index in [1.165, 1.54) is 4.90 Å². The quantitative estimate of drug-likeness (QED) is 0.800. The number of rotatable bonds is 3. The molecule has 2 rings (SSSR count). The molecule has 0 aliphatic carbocycles. The fourth-order valence-electron chi connectivity index (χ4n) is 1.36. The smallest absolute Gasteiger partial charge is 0.219 e. The Morgan fingerprint density at radius 3 is 2.82 bits per heavy atom. The normalized spacial score (nSPS) is 9.65. The topological polar surface area (TPSA) is 57.0 Å². The fraction of sp³-hybridized carbons (Fsp3) is 0. The maximum Gasteiger partial charge on any atom is 0.219 e. The lowest BCUT2D eigenvalue weighted by Crippen LogP contribution is -2.13. The van der Waals surface area contributed by atoms with Gasteiger partial charge < -0.3 is 0 Å². The Balaban J connectivity index is 2.50. The van der Waals surface area contributed by atoms with Crippen LogP contribution in [0.2, 0.25) is 5.15 Å². The monoisotopic (exact) mass is 263 g/mol. The molecule has 1 heterocycles. The van der Waals surface area contributed by atoms with Gasteiger partial charge in [-0.15, -0.1) is 0 Å². The van der Waals surface area contributed by atoms with Crippen molar-refractivity contribution in [3.8, 4) is 6.07 Å². The van der Waals surface area contributed by atoms with Gasteiger partial charge in [0.2, 0.25) is 6.41 Å². The SMILES string of the molecule is N#Cc1ccccc1N(C=O)c1cc(Cl)ns1. The third kappa shape index (κ3) is 2.28. The molecule has 1 amide bonds. The van der Waals surface area contributed by atoms with Gasteiger partial charge in [-0.05, 0) is 23.7 Å². The third-order valence-corrected chi connectivity index (χ3v) is 3.18. The standard InChI is InChI=1S/C11H6ClN3OS/c12-10-5-11(17-14-10)15(7-16)9-4-2-1-3-8(9)6-13/h1-5,7H. The van der Waals surface area contributed by atoms with Crippen molar-refractivity contribution in [2.24, 2.45) is 0 Å². The van der Waals surface area contributed by atoms with Crippen molar-refractivity contribution >= 4 is 40.2 Å². The molecule has 0 aliphatic rings. The van der Waals surface area contributed by atoms with E-state index in [0.29, 0.717) is 27.8 Å². The minimum atomic E-state index is 0.325. The lowest BCUT2D eigenvalue weighted by atomic mass is 10.2. The highest BCUT2D eigenvalue weighted by Crippen LogP contribution is 2.31. The summed E-state index contributed by atoms with van der Waals surface area (Å²) >= 11 is 6.81. The highest BCUT2D eigenvalue weighted by atomic mass is 35.5. The Hall–Kier alpha value is -1.90. The molecular formula is C11H6ClN3OS. The van der Waals surface area contributed by atoms with Gasteiger partial charge in [0.05, 0.1) is 11.3 Å². The van der Waals surface area contributed by atoms with Crippen LogP contribution in [-0.4, -0.2) is 10.8 Å². The largest absolute Gasteiger partial charge is 0.278 e. The highest BCUT2D eigenvalue weighted by molar-refractivity contribution is 7.10. The molecular weight excluding hydrogens is 258 g/mol. The molecule has 0 saturated carbocycles. The first kappa shape index (κ1) is 11.6. The van der Waals surface area contributed by atoms with E-state index in [4.69, 9.17) is 16.9 Å². The Bertz CT molecular complexity index is 590. The zero-order valence-electron chi connectivity index (χ0n) is 8.50. The van der Waals surface area contributed by atoms with Crippen LogP contribution in [0.1, 0.15) is 5.56 Å². The molecule has 0 bridgehead atoms. The third-order valence-electron chi connectivity index (χ3n) is 2.10. The molecule has 2 aromatic rings. The minimum absolute atomic E-state index is 0.325. The number of anilines is 2. The fourth-order valence-corrected chi connectivity index (χ4v) is 2.26. The van der Waals surface area contributed by atoms with Crippen LogP contribution in [0.25, 0.3) is 0 Å². The number of nitriles is 1. The van der Waals surface area contributed by atoms with Gasteiger partial charge in [0.1, 0.15) is 16.2 Å². The van der Waals surface area contributed by atoms with Crippen LogP contribution in [0, 0.1) is 11.3 Å². The summed E-state index contributed by atoms with van der Waals surface area (Å²) in [4.78, 5) is 12.5. The van der Waals surface area contributed by atoms with Crippen molar-refractivity contribution in [1.82, 2.24) is 4.37 Å². The number of hydrogen-bond donors (Lipinski definition) is 0. The van der Waals surface area contributed by atoms with Crippen molar-refractivity contribution in [3.63, 3.8) is 0 Å². The van der Waals surface area contributed by atoms with Gasteiger partial charge in [-0.3, -0.25) is 9.69 Å². The van der Waals surface area contributed by atoms with E-state index in [2.05, 4.69) is 4.37 Å². The molecule has 0 atom stereocenters. The van der Waals surface area contributed by atoms with Gasteiger partial charge in [0.15, 0.2) is 0 Å². The maximum atomic E-state index is 11.1. The molecule has 6 heteroatoms. The highest BCUT2D eigenvalue weighted by Gasteiger charge is 2.14. The molecule has 0 saturated heterocycles. The summed E-state index contributed by atoms with van der Waals surface area (Å²) in [5.41, 5.74) is 0.939. The van der Waals surface area contributed by atoms with Crippen LogP contribution < -0.4 is 4.90 Å². The van der Waals surface area contributed by atoms with E-state index >= 15 is 0 Å². The zero-order chi connectivity index (χ0) is 12.3. The molecule has 0 N–H and O–H groups in total. The molecule has 0 radical (unpaired) electrons. The first-order valence-electron chi connectivity index (χ1n) is 4.62. The second-order valence-corrected chi connectivity index (χ2v) is 4.26. The van der Waals surface area contributed by atoms with E-state index in [1.807, 2.05) is 6.07 Å². The van der Waals surface area contributed by atoms with E-state index in [0.717, 1.165) is 11.5 Å². The second kappa shape index (κ2) is 4.95. The number of halogens is 1. The number of aromatic nitrogens is 1. The predicted octanol–water partition coefficient (Wildman–Crippen LogP) is 2.96. The molecule has 1 aromatic carbocycles. The lowest BCUT2D eigenvalue weighted by Gasteiger charge is -2.15. The molecule has 84 valence electrons. The first-order valence-corrected chi connectivity index (χ1v) is 5.77. The molecule has 17 heavy (non-hydrogen) atoms. The summed E-state index contributed by atoms with van der Waals surface area (Å²) in [5.74, 6) is 0. The Morgan fingerprint density at radius 2 is 2.24 bits per heavy atom. The molecule has 0 unspecified atom stereocenters. The van der Waals surface area contributed by atoms with Crippen molar-refractivity contribution in [2.45, 2.75) is 0 Å². The summed E-state index contributed by atoms with van der Waals surface area (Å²) in [6.45, 7) is 0. The average molecular weight is 264 g/mol. The lowest BCUT2D eigenvalue weighted by molar-refractivity contribution is -0.106. The van der Waals surface area contributed by atoms with Gasteiger partial charge in [-0.25, -0.2) is 0 Å². The molecule has 4 nitrogen and oxygen atoms in total. The summed E-state index contributed by atoms with van der Waals surface area (Å²) in [7, 11) is 0. The number of para-hydroxylation sites is 1. The van der Waals surface area contributed by atoms with Gasteiger partial charge in [0.25, 0.3) is 0 Å². The van der Waals surface area contributed by atoms with Crippen LogP contribution in [-0.2, 0) is 4.79 Å². The van der Waals surface area contributed by atoms with E-state index in [-0.39, 0.29) is 0 Å². The van der Waals surface area contributed by atoms with Gasteiger partial charge in [-0.1, -0.05) is 23.7 Å². The van der Waals surface area contributed by atoms with Crippen molar-refractivity contribution in [3.05, 3.63) is 41.0 Å². The van der Waals surface area contributed by atoms with Crippen molar-refractivity contribution < 1.29 is 4.79 Å². The number of nitrogens with zero attached hydrogens (tertiary/aromatic N) is 3. The van der Waals surface area contributed by atoms with Gasteiger partial charge in [0, 0.05) is 6.07 Å². The summed E-state index contributed by atoms with van der Waals surface area (Å²) < 4.78 is 3.89.